The Morgan fingerprint density at radius 3 is 2.21 bits per heavy atom. The van der Waals surface area contributed by atoms with Crippen molar-refractivity contribution in [2.45, 2.75) is 218 Å². The molecular weight excluding hydrogens is 781 g/mol. The summed E-state index contributed by atoms with van der Waals surface area (Å²) in [4.78, 5) is 42.5. The van der Waals surface area contributed by atoms with Gasteiger partial charge in [0, 0.05) is 42.7 Å². The Hall–Kier alpha value is -2.13. The van der Waals surface area contributed by atoms with Gasteiger partial charge in [-0.15, -0.1) is 0 Å². The molecule has 2 amide bonds. The highest BCUT2D eigenvalue weighted by Gasteiger charge is 2.74. The van der Waals surface area contributed by atoms with Crippen molar-refractivity contribution in [3.8, 4) is 0 Å². The maximum absolute atomic E-state index is 14.8. The summed E-state index contributed by atoms with van der Waals surface area (Å²) in [6, 6.07) is -0.776. The Labute approximate surface area is 364 Å². The van der Waals surface area contributed by atoms with E-state index in [1.54, 1.807) is 0 Å². The number of hydrogen-bond acceptors (Lipinski definition) is 10. The number of nitrogens with one attached hydrogen (secondary N) is 1. The van der Waals surface area contributed by atoms with Gasteiger partial charge in [0.2, 0.25) is 0 Å². The zero-order valence-corrected chi connectivity index (χ0v) is 38.7. The maximum Gasteiger partial charge on any atom is 0.318 e. The van der Waals surface area contributed by atoms with Crippen LogP contribution in [0, 0.1) is 40.9 Å². The van der Waals surface area contributed by atoms with Gasteiger partial charge in [-0.25, -0.2) is 4.79 Å². The Balaban J connectivity index is 1.13. The number of aliphatic carboxylic acids is 1. The highest BCUT2D eigenvalue weighted by atomic mass is 16.8. The minimum atomic E-state index is -1.29. The van der Waals surface area contributed by atoms with Gasteiger partial charge in [-0.05, 0) is 109 Å². The van der Waals surface area contributed by atoms with Gasteiger partial charge < -0.3 is 49.2 Å². The maximum atomic E-state index is 14.8. The number of carbonyl (C=O) groups is 3. The van der Waals surface area contributed by atoms with Gasteiger partial charge in [0.05, 0.1) is 53.2 Å². The van der Waals surface area contributed by atoms with Crippen LogP contribution in [0.5, 0.6) is 0 Å². The van der Waals surface area contributed by atoms with Gasteiger partial charge in [0.1, 0.15) is 11.8 Å². The van der Waals surface area contributed by atoms with Crippen molar-refractivity contribution >= 4 is 17.8 Å². The van der Waals surface area contributed by atoms with Gasteiger partial charge in [-0.2, -0.15) is 0 Å². The molecule has 0 radical (unpaired) electrons. The molecule has 18 atom stereocenters. The summed E-state index contributed by atoms with van der Waals surface area (Å²) < 4.78 is 35.0. The SMILES string of the molecule is CCC(C(=O)[C@@H](C)[C@@H](O)C1(C)C[C@]12O[C@@H]([C@@H](CC)C(=O)O)CC[C@@H]2C)[C@H]1O[C@]2(C=C[C@@H](NC(=O)N3CCCC3)[C@]3(CC[C@@](C)([C@H]4CC[C@](O)(CC)[C@H](C)O4)O3)O2)[C@H](C)C[C@@H]1C. The summed E-state index contributed by atoms with van der Waals surface area (Å²) >= 11 is 0. The molecule has 6 heterocycles. The highest BCUT2D eigenvalue weighted by molar-refractivity contribution is 5.84. The number of carbonyl (C=O) groups excluding carboxylic acids is 2. The molecule has 6 fully saturated rings. The number of amides is 2. The second-order valence-electron chi connectivity index (χ2n) is 21.1. The molecule has 61 heavy (non-hydrogen) atoms. The van der Waals surface area contributed by atoms with Crippen LogP contribution in [0.4, 0.5) is 4.79 Å². The molecule has 0 aromatic carbocycles. The molecule has 6 aliphatic heterocycles. The van der Waals surface area contributed by atoms with E-state index >= 15 is 0 Å². The van der Waals surface area contributed by atoms with E-state index < -0.39 is 81.9 Å². The molecular formula is C48H78N2O11. The second-order valence-corrected chi connectivity index (χ2v) is 21.1. The van der Waals surface area contributed by atoms with Gasteiger partial charge in [-0.1, -0.05) is 61.5 Å². The first-order valence-electron chi connectivity index (χ1n) is 24.0. The molecule has 7 aliphatic rings. The number of urea groups is 1. The van der Waals surface area contributed by atoms with Gasteiger partial charge in [-0.3, -0.25) is 9.59 Å². The molecule has 2 unspecified atom stereocenters. The third kappa shape index (κ3) is 7.94. The minimum Gasteiger partial charge on any atom is -0.481 e. The van der Waals surface area contributed by atoms with Crippen molar-refractivity contribution in [2.24, 2.45) is 40.9 Å². The number of ketones is 1. The Morgan fingerprint density at radius 2 is 1.59 bits per heavy atom. The molecule has 1 aliphatic carbocycles. The van der Waals surface area contributed by atoms with Crippen molar-refractivity contribution in [3.63, 3.8) is 0 Å². The lowest BCUT2D eigenvalue weighted by molar-refractivity contribution is -0.398. The molecule has 3 spiro atoms. The van der Waals surface area contributed by atoms with Crippen molar-refractivity contribution in [1.29, 1.82) is 0 Å². The van der Waals surface area contributed by atoms with Crippen molar-refractivity contribution in [2.75, 3.05) is 13.1 Å². The predicted octanol–water partition coefficient (Wildman–Crippen LogP) is 7.15. The topological polar surface area (TPSA) is 173 Å². The van der Waals surface area contributed by atoms with Crippen molar-refractivity contribution < 1.29 is 53.4 Å². The third-order valence-corrected chi connectivity index (χ3v) is 17.4. The lowest BCUT2D eigenvalue weighted by Gasteiger charge is -2.55. The summed E-state index contributed by atoms with van der Waals surface area (Å²) in [7, 11) is 0. The standard InChI is InChI=1S/C48H78N2O11/c1-11-33(41(53)54)35-17-16-29(5)46(58-35)27-43(46,9)40(52)31(7)38(51)34(12-2)39-28(4)26-30(6)47(59-39)21-18-36(49-42(55)50-24-14-15-25-50)48(61-47)23-22-44(10,60-48)37-19-20-45(56,13-3)32(8)57-37/h18,21,28-37,39-40,52,56H,11-17,19-20,22-27H2,1-10H3,(H,49,55)(H,53,54)/t28-,29-,30+,31+,32-,33+,34?,35+,36+,37+,39-,40+,43?,44-,45+,46+,47-,48-/m0/s1. The largest absolute Gasteiger partial charge is 0.481 e. The predicted molar refractivity (Wildman–Crippen MR) is 228 cm³/mol. The number of rotatable bonds is 12. The summed E-state index contributed by atoms with van der Waals surface area (Å²) in [5, 5.41) is 36.6. The number of carboxylic acid groups (broad SMARTS) is 1. The molecule has 0 aromatic rings. The van der Waals surface area contributed by atoms with E-state index in [0.29, 0.717) is 77.3 Å². The Morgan fingerprint density at radius 1 is 0.902 bits per heavy atom. The van der Waals surface area contributed by atoms with Crippen LogP contribution >= 0.6 is 0 Å². The normalized spacial score (nSPS) is 46.7. The van der Waals surface area contributed by atoms with E-state index in [9.17, 15) is 29.7 Å². The number of Topliss-reactive ketones (excluding diaryl/α,β-unsaturated/α-hetero) is 1. The minimum absolute atomic E-state index is 0.00378. The monoisotopic (exact) mass is 859 g/mol. The molecule has 1 saturated carbocycles. The molecule has 5 saturated heterocycles. The zero-order chi connectivity index (χ0) is 44.5. The first kappa shape index (κ1) is 46.9. The quantitative estimate of drug-likeness (QED) is 0.147. The number of hydrogen-bond donors (Lipinski definition) is 4. The van der Waals surface area contributed by atoms with Crippen LogP contribution in [-0.2, 0) is 33.3 Å². The van der Waals surface area contributed by atoms with Crippen LogP contribution < -0.4 is 5.32 Å². The first-order valence-corrected chi connectivity index (χ1v) is 24.0. The molecule has 13 nitrogen and oxygen atoms in total. The summed E-state index contributed by atoms with van der Waals surface area (Å²) in [5.41, 5.74) is -3.07. The molecule has 13 heteroatoms. The van der Waals surface area contributed by atoms with E-state index in [-0.39, 0.29) is 41.8 Å². The molecule has 0 aromatic heterocycles. The van der Waals surface area contributed by atoms with Crippen LogP contribution in [0.15, 0.2) is 12.2 Å². The fraction of sp³-hybridized carbons (Fsp3) is 0.896. The smallest absolute Gasteiger partial charge is 0.318 e. The highest BCUT2D eigenvalue weighted by Crippen LogP contribution is 2.68. The summed E-state index contributed by atoms with van der Waals surface area (Å²) in [5.74, 6) is -5.38. The van der Waals surface area contributed by atoms with Crippen molar-refractivity contribution in [3.05, 3.63) is 12.2 Å². The summed E-state index contributed by atoms with van der Waals surface area (Å²) in [6.45, 7) is 21.4. The van der Waals surface area contributed by atoms with Gasteiger partial charge in [0.15, 0.2) is 11.6 Å². The van der Waals surface area contributed by atoms with E-state index in [4.69, 9.17) is 23.7 Å². The van der Waals surface area contributed by atoms with Crippen LogP contribution in [0.2, 0.25) is 0 Å². The van der Waals surface area contributed by atoms with Gasteiger partial charge >= 0.3 is 12.0 Å². The zero-order valence-electron chi connectivity index (χ0n) is 38.7. The number of ether oxygens (including phenoxy) is 5. The number of likely N-dealkylation sites (tertiary alicyclic amines) is 1. The van der Waals surface area contributed by atoms with Crippen LogP contribution in [0.1, 0.15) is 153 Å². The average Bonchev–Trinajstić information content (AvgIpc) is 3.53. The number of aliphatic hydroxyl groups excluding tert-OH is 1. The lowest BCUT2D eigenvalue weighted by atomic mass is 9.72. The summed E-state index contributed by atoms with van der Waals surface area (Å²) in [6.07, 6.45) is 9.80. The Kier molecular flexibility index (Phi) is 13.1. The number of aliphatic hydroxyl groups is 2. The molecule has 7 rings (SSSR count). The van der Waals surface area contributed by atoms with E-state index in [1.165, 1.54) is 0 Å². The van der Waals surface area contributed by atoms with E-state index in [1.807, 2.05) is 58.6 Å². The second kappa shape index (κ2) is 17.0. The molecule has 346 valence electrons. The molecule has 4 N–H and O–H groups in total. The van der Waals surface area contributed by atoms with E-state index in [2.05, 4.69) is 33.0 Å². The van der Waals surface area contributed by atoms with Crippen LogP contribution in [0.25, 0.3) is 0 Å². The van der Waals surface area contributed by atoms with Crippen LogP contribution in [-0.4, -0.2) is 116 Å². The number of nitrogens with zero attached hydrogens (tertiary/aromatic N) is 1. The first-order chi connectivity index (χ1) is 28.7. The average molecular weight is 859 g/mol. The third-order valence-electron chi connectivity index (χ3n) is 17.4. The fourth-order valence-corrected chi connectivity index (χ4v) is 12.9. The van der Waals surface area contributed by atoms with Crippen LogP contribution in [0.3, 0.4) is 0 Å². The number of carboxylic acids is 1. The van der Waals surface area contributed by atoms with Gasteiger partial charge in [0.25, 0.3) is 0 Å². The molecule has 0 bridgehead atoms. The lowest BCUT2D eigenvalue weighted by Crippen LogP contribution is -2.66. The van der Waals surface area contributed by atoms with E-state index in [0.717, 1.165) is 19.3 Å². The van der Waals surface area contributed by atoms with Crippen molar-refractivity contribution in [1.82, 2.24) is 10.2 Å². The Bertz CT molecular complexity index is 1670. The fourth-order valence-electron chi connectivity index (χ4n) is 12.9.